The quantitative estimate of drug-likeness (QED) is 0.542. The number of H-pyrrole nitrogens is 1. The number of nitrogen functional groups attached to an aromatic ring is 1. The molecule has 1 fully saturated rings. The van der Waals surface area contributed by atoms with E-state index in [1.807, 2.05) is 0 Å². The number of fused-ring (bicyclic) bond motifs is 1. The minimum absolute atomic E-state index is 0.0341. The molecule has 10 nitrogen and oxygen atoms in total. The molecule has 0 aliphatic carbocycles. The van der Waals surface area contributed by atoms with Gasteiger partial charge in [0.05, 0.1) is 19.5 Å². The molecule has 0 bridgehead atoms. The first-order chi connectivity index (χ1) is 12.1. The van der Waals surface area contributed by atoms with Gasteiger partial charge < -0.3 is 20.4 Å². The topological polar surface area (TPSA) is 131 Å². The van der Waals surface area contributed by atoms with Crippen molar-refractivity contribution in [2.45, 2.75) is 19.4 Å². The highest BCUT2D eigenvalue weighted by atomic mass is 16.5. The van der Waals surface area contributed by atoms with Crippen molar-refractivity contribution in [3.8, 4) is 0 Å². The van der Waals surface area contributed by atoms with Crippen LogP contribution in [0.3, 0.4) is 0 Å². The summed E-state index contributed by atoms with van der Waals surface area (Å²) in [5.74, 6) is -0.00606. The molecule has 1 aliphatic rings. The van der Waals surface area contributed by atoms with E-state index >= 15 is 0 Å². The summed E-state index contributed by atoms with van der Waals surface area (Å²) in [6, 6.07) is 0. The van der Waals surface area contributed by atoms with Crippen LogP contribution in [0, 0.1) is 0 Å². The fraction of sp³-hybridized carbons (Fsp3) is 0.600. The third-order valence-corrected chi connectivity index (χ3v) is 4.15. The zero-order chi connectivity index (χ0) is 17.6. The van der Waals surface area contributed by atoms with E-state index < -0.39 is 0 Å². The minimum atomic E-state index is -0.381. The number of carbonyl (C=O) groups excluding carboxylic acids is 1. The summed E-state index contributed by atoms with van der Waals surface area (Å²) in [4.78, 5) is 36.5. The van der Waals surface area contributed by atoms with Gasteiger partial charge in [-0.15, -0.1) is 0 Å². The summed E-state index contributed by atoms with van der Waals surface area (Å²) in [7, 11) is 0. The molecule has 0 atom stereocenters. The highest BCUT2D eigenvalue weighted by Crippen LogP contribution is 2.07. The van der Waals surface area contributed by atoms with Crippen molar-refractivity contribution in [2.75, 3.05) is 45.1 Å². The number of carbonyl (C=O) groups is 1. The summed E-state index contributed by atoms with van der Waals surface area (Å²) >= 11 is 0. The number of morpholine rings is 1. The predicted octanol–water partition coefficient (Wildman–Crippen LogP) is -1.07. The molecule has 1 aliphatic heterocycles. The Hall–Kier alpha value is -2.46. The van der Waals surface area contributed by atoms with Crippen molar-refractivity contribution >= 4 is 23.0 Å². The van der Waals surface area contributed by atoms with Gasteiger partial charge in [-0.1, -0.05) is 0 Å². The van der Waals surface area contributed by atoms with Crippen molar-refractivity contribution in [2.24, 2.45) is 0 Å². The van der Waals surface area contributed by atoms with Crippen LogP contribution in [-0.4, -0.2) is 69.7 Å². The fourth-order valence-corrected chi connectivity index (χ4v) is 2.80. The van der Waals surface area contributed by atoms with Gasteiger partial charge in [0.1, 0.15) is 0 Å². The van der Waals surface area contributed by atoms with Crippen LogP contribution in [0.5, 0.6) is 0 Å². The third-order valence-electron chi connectivity index (χ3n) is 4.15. The molecule has 1 saturated heterocycles. The summed E-state index contributed by atoms with van der Waals surface area (Å²) < 4.78 is 6.96. The van der Waals surface area contributed by atoms with Crippen LogP contribution in [0.15, 0.2) is 11.1 Å². The van der Waals surface area contributed by atoms with Crippen molar-refractivity contribution in [1.29, 1.82) is 0 Å². The molecule has 10 heteroatoms. The lowest BCUT2D eigenvalue weighted by atomic mass is 10.3. The largest absolute Gasteiger partial charge is 0.379 e. The minimum Gasteiger partial charge on any atom is -0.379 e. The average molecular weight is 349 g/mol. The zero-order valence-electron chi connectivity index (χ0n) is 14.0. The van der Waals surface area contributed by atoms with E-state index in [-0.39, 0.29) is 29.4 Å². The fourth-order valence-electron chi connectivity index (χ4n) is 2.80. The lowest BCUT2D eigenvalue weighted by molar-refractivity contribution is -0.121. The van der Waals surface area contributed by atoms with Crippen molar-refractivity contribution < 1.29 is 9.53 Å². The van der Waals surface area contributed by atoms with E-state index in [4.69, 9.17) is 10.5 Å². The molecule has 25 heavy (non-hydrogen) atoms. The second kappa shape index (κ2) is 8.08. The maximum absolute atomic E-state index is 12.0. The summed E-state index contributed by atoms with van der Waals surface area (Å²) in [5.41, 5.74) is 5.78. The number of amides is 1. The number of aromatic nitrogens is 4. The van der Waals surface area contributed by atoms with Crippen LogP contribution >= 0.6 is 0 Å². The molecule has 3 heterocycles. The van der Waals surface area contributed by atoms with Gasteiger partial charge in [0, 0.05) is 32.6 Å². The highest BCUT2D eigenvalue weighted by molar-refractivity contribution is 5.76. The van der Waals surface area contributed by atoms with Crippen LogP contribution in [0.4, 0.5) is 5.95 Å². The van der Waals surface area contributed by atoms with Crippen LogP contribution in [0.1, 0.15) is 12.8 Å². The number of nitrogens with one attached hydrogen (secondary N) is 2. The normalized spacial score (nSPS) is 15.5. The molecule has 0 spiro atoms. The van der Waals surface area contributed by atoms with Gasteiger partial charge >= 0.3 is 0 Å². The first-order valence-electron chi connectivity index (χ1n) is 8.41. The molecule has 0 unspecified atom stereocenters. The number of anilines is 1. The number of aryl methyl sites for hydroxylation is 1. The lowest BCUT2D eigenvalue weighted by Crippen LogP contribution is -2.38. The standard InChI is InChI=1S/C15H23N7O3/c16-15-19-13-12(14(24)20-15)18-10-22(13)5-2-11(23)17-3-1-4-21-6-8-25-9-7-21/h10H,1-9H2,(H,17,23)(H3,16,19,20,24). The third kappa shape index (κ3) is 4.54. The predicted molar refractivity (Wildman–Crippen MR) is 92.1 cm³/mol. The number of imidazole rings is 1. The number of ether oxygens (including phenoxy) is 1. The SMILES string of the molecule is Nc1nc2c(ncn2CCC(=O)NCCCN2CCOCC2)c(=O)[nH]1. The molecule has 0 radical (unpaired) electrons. The number of nitrogens with zero attached hydrogens (tertiary/aromatic N) is 4. The second-order valence-electron chi connectivity index (χ2n) is 5.97. The van der Waals surface area contributed by atoms with Crippen molar-refractivity contribution in [1.82, 2.24) is 29.7 Å². The summed E-state index contributed by atoms with van der Waals surface area (Å²) in [5, 5.41) is 2.91. The summed E-state index contributed by atoms with van der Waals surface area (Å²) in [6.45, 7) is 5.47. The van der Waals surface area contributed by atoms with Crippen LogP contribution in [-0.2, 0) is 16.1 Å². The Bertz CT molecular complexity index is 779. The number of rotatable bonds is 7. The number of aromatic amines is 1. The van der Waals surface area contributed by atoms with E-state index in [0.717, 1.165) is 39.3 Å². The van der Waals surface area contributed by atoms with Crippen LogP contribution in [0.25, 0.3) is 11.2 Å². The maximum Gasteiger partial charge on any atom is 0.280 e. The van der Waals surface area contributed by atoms with Gasteiger partial charge in [-0.2, -0.15) is 4.98 Å². The Balaban J connectivity index is 1.42. The van der Waals surface area contributed by atoms with Gasteiger partial charge in [0.15, 0.2) is 11.2 Å². The van der Waals surface area contributed by atoms with Crippen molar-refractivity contribution in [3.05, 3.63) is 16.7 Å². The van der Waals surface area contributed by atoms with Gasteiger partial charge in [-0.05, 0) is 13.0 Å². The lowest BCUT2D eigenvalue weighted by Gasteiger charge is -2.26. The molecule has 0 saturated carbocycles. The van der Waals surface area contributed by atoms with E-state index in [1.165, 1.54) is 6.33 Å². The second-order valence-corrected chi connectivity index (χ2v) is 5.97. The molecule has 4 N–H and O–H groups in total. The zero-order valence-corrected chi connectivity index (χ0v) is 14.0. The Morgan fingerprint density at radius 3 is 2.96 bits per heavy atom. The number of hydrogen-bond acceptors (Lipinski definition) is 7. The number of hydrogen-bond donors (Lipinski definition) is 3. The summed E-state index contributed by atoms with van der Waals surface area (Å²) in [6.07, 6.45) is 2.70. The van der Waals surface area contributed by atoms with Crippen LogP contribution < -0.4 is 16.6 Å². The Morgan fingerprint density at radius 2 is 2.16 bits per heavy atom. The molecular formula is C15H23N7O3. The van der Waals surface area contributed by atoms with Gasteiger partial charge in [-0.3, -0.25) is 19.5 Å². The molecule has 1 amide bonds. The van der Waals surface area contributed by atoms with E-state index in [9.17, 15) is 9.59 Å². The van der Waals surface area contributed by atoms with E-state index in [0.29, 0.717) is 18.7 Å². The monoisotopic (exact) mass is 349 g/mol. The van der Waals surface area contributed by atoms with Gasteiger partial charge in [0.25, 0.3) is 5.56 Å². The first-order valence-corrected chi connectivity index (χ1v) is 8.41. The van der Waals surface area contributed by atoms with Crippen LogP contribution in [0.2, 0.25) is 0 Å². The molecule has 2 aromatic rings. The average Bonchev–Trinajstić information content (AvgIpc) is 3.01. The first kappa shape index (κ1) is 17.4. The molecule has 2 aromatic heterocycles. The smallest absolute Gasteiger partial charge is 0.280 e. The van der Waals surface area contributed by atoms with Crippen molar-refractivity contribution in [3.63, 3.8) is 0 Å². The maximum atomic E-state index is 12.0. The Labute approximate surface area is 144 Å². The number of nitrogens with two attached hydrogens (primary N) is 1. The van der Waals surface area contributed by atoms with Gasteiger partial charge in [-0.25, -0.2) is 4.98 Å². The van der Waals surface area contributed by atoms with E-state index in [1.54, 1.807) is 4.57 Å². The molecule has 0 aromatic carbocycles. The highest BCUT2D eigenvalue weighted by Gasteiger charge is 2.11. The Kier molecular flexibility index (Phi) is 5.61. The molecule has 3 rings (SSSR count). The van der Waals surface area contributed by atoms with E-state index in [2.05, 4.69) is 25.2 Å². The Morgan fingerprint density at radius 1 is 1.36 bits per heavy atom. The molecule has 136 valence electrons. The van der Waals surface area contributed by atoms with Gasteiger partial charge in [0.2, 0.25) is 11.9 Å². The molecular weight excluding hydrogens is 326 g/mol.